The van der Waals surface area contributed by atoms with E-state index < -0.39 is 0 Å². The average molecular weight is 413 g/mol. The standard InChI is InChI=1S/C23H32N4O3/c1-24-23(25-15-18-14-20(30-3)9-10-22(18)28)26-16-21(27-11-4-5-12-27)17-7-6-8-19(13-17)29-2/h6-10,13-14,21,28H,4-5,11-12,15-16H2,1-3H3,(H2,24,25,26). The summed E-state index contributed by atoms with van der Waals surface area (Å²) in [5, 5.41) is 16.8. The number of phenols is 1. The van der Waals surface area contributed by atoms with Gasteiger partial charge in [0.1, 0.15) is 17.2 Å². The monoisotopic (exact) mass is 412 g/mol. The van der Waals surface area contributed by atoms with Crippen LogP contribution >= 0.6 is 0 Å². The van der Waals surface area contributed by atoms with Gasteiger partial charge < -0.3 is 25.2 Å². The van der Waals surface area contributed by atoms with E-state index in [2.05, 4.69) is 32.7 Å². The van der Waals surface area contributed by atoms with Crippen molar-refractivity contribution in [3.8, 4) is 17.2 Å². The lowest BCUT2D eigenvalue weighted by Crippen LogP contribution is -2.42. The summed E-state index contributed by atoms with van der Waals surface area (Å²) in [4.78, 5) is 6.84. The van der Waals surface area contributed by atoms with E-state index in [-0.39, 0.29) is 11.8 Å². The van der Waals surface area contributed by atoms with Crippen LogP contribution in [0.5, 0.6) is 17.2 Å². The van der Waals surface area contributed by atoms with Crippen LogP contribution in [0.3, 0.4) is 0 Å². The molecular weight excluding hydrogens is 380 g/mol. The highest BCUT2D eigenvalue weighted by atomic mass is 16.5. The number of rotatable bonds is 8. The molecule has 30 heavy (non-hydrogen) atoms. The number of aromatic hydroxyl groups is 1. The van der Waals surface area contributed by atoms with Crippen LogP contribution in [0.2, 0.25) is 0 Å². The van der Waals surface area contributed by atoms with E-state index in [1.54, 1.807) is 33.4 Å². The Kier molecular flexibility index (Phi) is 7.79. The molecule has 7 nitrogen and oxygen atoms in total. The average Bonchev–Trinajstić information content (AvgIpc) is 3.31. The lowest BCUT2D eigenvalue weighted by Gasteiger charge is -2.29. The van der Waals surface area contributed by atoms with Gasteiger partial charge in [-0.1, -0.05) is 12.1 Å². The van der Waals surface area contributed by atoms with Gasteiger partial charge in [0.25, 0.3) is 0 Å². The van der Waals surface area contributed by atoms with Gasteiger partial charge in [-0.15, -0.1) is 0 Å². The Morgan fingerprint density at radius 3 is 2.50 bits per heavy atom. The zero-order valence-corrected chi connectivity index (χ0v) is 18.0. The summed E-state index contributed by atoms with van der Waals surface area (Å²) in [6.07, 6.45) is 2.45. The minimum atomic E-state index is 0.227. The molecule has 1 aliphatic heterocycles. The lowest BCUT2D eigenvalue weighted by atomic mass is 10.1. The second kappa shape index (κ2) is 10.7. The molecule has 0 aromatic heterocycles. The van der Waals surface area contributed by atoms with Crippen LogP contribution < -0.4 is 20.1 Å². The molecule has 1 heterocycles. The van der Waals surface area contributed by atoms with Gasteiger partial charge in [0.05, 0.1) is 20.3 Å². The zero-order valence-electron chi connectivity index (χ0n) is 18.0. The SMILES string of the molecule is CN=C(NCc1cc(OC)ccc1O)NCC(c1cccc(OC)c1)N1CCCC1. The second-order valence-corrected chi connectivity index (χ2v) is 7.34. The van der Waals surface area contributed by atoms with Crippen molar-refractivity contribution in [2.45, 2.75) is 25.4 Å². The number of likely N-dealkylation sites (tertiary alicyclic amines) is 1. The largest absolute Gasteiger partial charge is 0.508 e. The Balaban J connectivity index is 1.66. The molecule has 0 spiro atoms. The second-order valence-electron chi connectivity index (χ2n) is 7.34. The van der Waals surface area contributed by atoms with Crippen molar-refractivity contribution in [2.24, 2.45) is 4.99 Å². The molecule has 1 atom stereocenters. The third-order valence-electron chi connectivity index (χ3n) is 5.48. The maximum Gasteiger partial charge on any atom is 0.191 e. The first-order chi connectivity index (χ1) is 14.6. The molecule has 162 valence electrons. The van der Waals surface area contributed by atoms with Gasteiger partial charge in [0.15, 0.2) is 5.96 Å². The van der Waals surface area contributed by atoms with Crippen molar-refractivity contribution >= 4 is 5.96 Å². The molecule has 2 aromatic rings. The summed E-state index contributed by atoms with van der Waals surface area (Å²) in [6.45, 7) is 3.34. The van der Waals surface area contributed by atoms with Crippen LogP contribution in [0.1, 0.15) is 30.0 Å². The molecule has 2 aromatic carbocycles. The first-order valence-electron chi connectivity index (χ1n) is 10.3. The van der Waals surface area contributed by atoms with E-state index in [0.29, 0.717) is 18.3 Å². The predicted octanol–water partition coefficient (Wildman–Crippen LogP) is 2.91. The van der Waals surface area contributed by atoms with Gasteiger partial charge in [0.2, 0.25) is 0 Å². The van der Waals surface area contributed by atoms with Crippen molar-refractivity contribution in [1.29, 1.82) is 0 Å². The number of hydrogen-bond acceptors (Lipinski definition) is 5. The number of nitrogens with one attached hydrogen (secondary N) is 2. The molecule has 0 amide bonds. The van der Waals surface area contributed by atoms with Crippen LogP contribution in [0.15, 0.2) is 47.5 Å². The maximum absolute atomic E-state index is 10.1. The van der Waals surface area contributed by atoms with Crippen LogP contribution in [0, 0.1) is 0 Å². The highest BCUT2D eigenvalue weighted by molar-refractivity contribution is 5.79. The molecule has 1 saturated heterocycles. The molecule has 0 aliphatic carbocycles. The van der Waals surface area contributed by atoms with E-state index in [9.17, 15) is 5.11 Å². The van der Waals surface area contributed by atoms with Crippen molar-refractivity contribution < 1.29 is 14.6 Å². The minimum Gasteiger partial charge on any atom is -0.508 e. The fourth-order valence-corrected chi connectivity index (χ4v) is 3.78. The first kappa shape index (κ1) is 21.8. The highest BCUT2D eigenvalue weighted by Gasteiger charge is 2.24. The molecule has 7 heteroatoms. The quantitative estimate of drug-likeness (QED) is 0.457. The Labute approximate surface area is 178 Å². The predicted molar refractivity (Wildman–Crippen MR) is 119 cm³/mol. The van der Waals surface area contributed by atoms with Crippen molar-refractivity contribution in [3.63, 3.8) is 0 Å². The van der Waals surface area contributed by atoms with E-state index in [1.807, 2.05) is 18.2 Å². The van der Waals surface area contributed by atoms with Gasteiger partial charge in [-0.05, 0) is 61.8 Å². The fraction of sp³-hybridized carbons (Fsp3) is 0.435. The number of guanidine groups is 1. The molecule has 1 fully saturated rings. The van der Waals surface area contributed by atoms with Gasteiger partial charge in [-0.3, -0.25) is 9.89 Å². The van der Waals surface area contributed by atoms with Crippen LogP contribution in [-0.2, 0) is 6.54 Å². The lowest BCUT2D eigenvalue weighted by molar-refractivity contribution is 0.245. The molecule has 0 radical (unpaired) electrons. The smallest absolute Gasteiger partial charge is 0.191 e. The summed E-state index contributed by atoms with van der Waals surface area (Å²) in [7, 11) is 5.06. The van der Waals surface area contributed by atoms with Gasteiger partial charge in [-0.2, -0.15) is 0 Å². The maximum atomic E-state index is 10.1. The van der Waals surface area contributed by atoms with E-state index in [1.165, 1.54) is 18.4 Å². The fourth-order valence-electron chi connectivity index (χ4n) is 3.78. The number of hydrogen-bond donors (Lipinski definition) is 3. The van der Waals surface area contributed by atoms with E-state index in [4.69, 9.17) is 9.47 Å². The highest BCUT2D eigenvalue weighted by Crippen LogP contribution is 2.27. The topological polar surface area (TPSA) is 78.4 Å². The Morgan fingerprint density at radius 2 is 1.80 bits per heavy atom. The molecule has 0 saturated carbocycles. The van der Waals surface area contributed by atoms with Crippen molar-refractivity contribution in [2.75, 3.05) is 40.9 Å². The molecule has 3 N–H and O–H groups in total. The summed E-state index contributed by atoms with van der Waals surface area (Å²) in [5.74, 6) is 2.49. The van der Waals surface area contributed by atoms with Crippen LogP contribution in [0.25, 0.3) is 0 Å². The zero-order chi connectivity index (χ0) is 21.3. The third kappa shape index (κ3) is 5.57. The van der Waals surface area contributed by atoms with Crippen LogP contribution in [-0.4, -0.2) is 56.9 Å². The molecular formula is C23H32N4O3. The molecule has 1 unspecified atom stereocenters. The number of methoxy groups -OCH3 is 2. The Hall–Kier alpha value is -2.93. The van der Waals surface area contributed by atoms with Crippen molar-refractivity contribution in [1.82, 2.24) is 15.5 Å². The van der Waals surface area contributed by atoms with Crippen LogP contribution in [0.4, 0.5) is 0 Å². The Bertz CT molecular complexity index is 850. The number of phenolic OH excluding ortho intramolecular Hbond substituents is 1. The van der Waals surface area contributed by atoms with Gasteiger partial charge in [0, 0.05) is 25.7 Å². The number of aliphatic imine (C=N–C) groups is 1. The van der Waals surface area contributed by atoms with E-state index in [0.717, 1.165) is 30.9 Å². The first-order valence-corrected chi connectivity index (χ1v) is 10.3. The molecule has 3 rings (SSSR count). The van der Waals surface area contributed by atoms with Crippen molar-refractivity contribution in [3.05, 3.63) is 53.6 Å². The molecule has 1 aliphatic rings. The van der Waals surface area contributed by atoms with Gasteiger partial charge >= 0.3 is 0 Å². The third-order valence-corrected chi connectivity index (χ3v) is 5.48. The molecule has 0 bridgehead atoms. The Morgan fingerprint density at radius 1 is 1.07 bits per heavy atom. The van der Waals surface area contributed by atoms with Gasteiger partial charge in [-0.25, -0.2) is 0 Å². The minimum absolute atomic E-state index is 0.227. The number of ether oxygens (including phenoxy) is 2. The summed E-state index contributed by atoms with van der Waals surface area (Å²) in [5.41, 5.74) is 1.98. The van der Waals surface area contributed by atoms with E-state index >= 15 is 0 Å². The summed E-state index contributed by atoms with van der Waals surface area (Å²) in [6, 6.07) is 13.7. The normalized spacial score (nSPS) is 15.6. The summed E-state index contributed by atoms with van der Waals surface area (Å²) < 4.78 is 10.7. The summed E-state index contributed by atoms with van der Waals surface area (Å²) >= 11 is 0. The number of nitrogens with zero attached hydrogens (tertiary/aromatic N) is 2. The number of benzene rings is 2.